The van der Waals surface area contributed by atoms with Gasteiger partial charge in [-0.05, 0) is 33.4 Å². The number of rotatable bonds is 10. The molecule has 0 aliphatic heterocycles. The summed E-state index contributed by atoms with van der Waals surface area (Å²) in [5.74, 6) is -0.520. The van der Waals surface area contributed by atoms with Crippen molar-refractivity contribution in [2.24, 2.45) is 5.92 Å². The molecule has 0 aromatic rings. The second-order valence-corrected chi connectivity index (χ2v) is 9.22. The van der Waals surface area contributed by atoms with E-state index in [1.807, 2.05) is 20.8 Å². The molecular formula is C15H33N3O4PS. The lowest BCUT2D eigenvalue weighted by atomic mass is 10.0. The van der Waals surface area contributed by atoms with Crippen molar-refractivity contribution >= 4 is 25.4 Å². The maximum absolute atomic E-state index is 12.6. The first-order valence-corrected chi connectivity index (χ1v) is 10.1. The molecule has 0 fully saturated rings. The van der Waals surface area contributed by atoms with E-state index >= 15 is 0 Å². The van der Waals surface area contributed by atoms with Crippen molar-refractivity contribution in [2.75, 3.05) is 20.6 Å². The van der Waals surface area contributed by atoms with E-state index in [9.17, 15) is 18.3 Å². The summed E-state index contributed by atoms with van der Waals surface area (Å²) < 4.78 is 27.7. The fourth-order valence-electron chi connectivity index (χ4n) is 1.80. The van der Waals surface area contributed by atoms with E-state index in [0.717, 1.165) is 4.31 Å². The lowest BCUT2D eigenvalue weighted by molar-refractivity contribution is -0.124. The summed E-state index contributed by atoms with van der Waals surface area (Å²) in [4.78, 5) is 11.8. The van der Waals surface area contributed by atoms with Gasteiger partial charge in [0.1, 0.15) is 0 Å². The molecule has 0 rings (SSSR count). The minimum absolute atomic E-state index is 0.104. The number of carbonyl (C=O) groups is 1. The molecular weight excluding hydrogens is 349 g/mol. The molecule has 2 N–H and O–H groups in total. The molecule has 0 saturated heterocycles. The van der Waals surface area contributed by atoms with Crippen LogP contribution in [0.4, 0.5) is 0 Å². The highest BCUT2D eigenvalue weighted by molar-refractivity contribution is 7.86. The first kappa shape index (κ1) is 23.7. The molecule has 4 atom stereocenters. The van der Waals surface area contributed by atoms with E-state index < -0.39 is 27.9 Å². The van der Waals surface area contributed by atoms with E-state index in [0.29, 0.717) is 6.42 Å². The van der Waals surface area contributed by atoms with Crippen molar-refractivity contribution in [1.82, 2.24) is 13.9 Å². The van der Waals surface area contributed by atoms with Gasteiger partial charge in [0, 0.05) is 32.1 Å². The molecule has 0 heterocycles. The van der Waals surface area contributed by atoms with Crippen LogP contribution in [0.3, 0.4) is 0 Å². The van der Waals surface area contributed by atoms with E-state index in [2.05, 4.69) is 14.6 Å². The van der Waals surface area contributed by atoms with Crippen LogP contribution < -0.4 is 5.32 Å². The Morgan fingerprint density at radius 1 is 1.33 bits per heavy atom. The topological polar surface area (TPSA) is 90.0 Å². The predicted octanol–water partition coefficient (Wildman–Crippen LogP) is 0.822. The summed E-state index contributed by atoms with van der Waals surface area (Å²) in [6, 6.07) is -0.563. The van der Waals surface area contributed by atoms with Gasteiger partial charge >= 0.3 is 0 Å². The van der Waals surface area contributed by atoms with Crippen molar-refractivity contribution in [3.63, 3.8) is 0 Å². The molecule has 0 aliphatic carbocycles. The fraction of sp³-hybridized carbons (Fsp3) is 0.867. The molecule has 0 aromatic carbocycles. The number of nitrogens with one attached hydrogen (secondary N) is 1. The minimum atomic E-state index is -3.70. The molecule has 0 aromatic heterocycles. The number of hydrogen-bond donors (Lipinski definition) is 2. The van der Waals surface area contributed by atoms with Crippen molar-refractivity contribution in [1.29, 1.82) is 0 Å². The Hall–Kier alpha value is -0.270. The third-order valence-electron chi connectivity index (χ3n) is 4.55. The summed E-state index contributed by atoms with van der Waals surface area (Å²) in [6.07, 6.45) is 1.32. The normalized spacial score (nSPS) is 17.0. The largest absolute Gasteiger partial charge is 0.390 e. The third-order valence-corrected chi connectivity index (χ3v) is 7.25. The molecule has 3 unspecified atom stereocenters. The lowest BCUT2D eigenvalue weighted by Crippen LogP contribution is -2.53. The summed E-state index contributed by atoms with van der Waals surface area (Å²) >= 11 is 0. The van der Waals surface area contributed by atoms with Gasteiger partial charge in [-0.3, -0.25) is 4.79 Å². The standard InChI is InChI=1S/C15H33N3O4PS/c1-8-15(4,5)18(7)24(21,22)17(6)9-13(19)12(3)16-14(20)11(2)10-23/h10-13,19H,8-9,23H2,1-7H3,(H,16,20)/t11?,12-,13?/m0/s1. The Kier molecular flexibility index (Phi) is 9.33. The summed E-state index contributed by atoms with van der Waals surface area (Å²) in [5, 5.41) is 12.9. The van der Waals surface area contributed by atoms with Crippen molar-refractivity contribution in [3.8, 4) is 0 Å². The SMILES string of the molecule is CCC(C)(C)N(C)S(=O)(=O)N(C)CC(O)[C@H](C)NC(=O)C(C)[CH]P. The van der Waals surface area contributed by atoms with Gasteiger partial charge in [-0.25, -0.2) is 0 Å². The van der Waals surface area contributed by atoms with Gasteiger partial charge in [0.25, 0.3) is 10.2 Å². The van der Waals surface area contributed by atoms with E-state index in [4.69, 9.17) is 0 Å². The van der Waals surface area contributed by atoms with E-state index in [1.54, 1.807) is 20.0 Å². The van der Waals surface area contributed by atoms with Crippen LogP contribution >= 0.6 is 9.24 Å². The van der Waals surface area contributed by atoms with Crippen LogP contribution in [0.1, 0.15) is 41.0 Å². The third kappa shape index (κ3) is 6.23. The Morgan fingerprint density at radius 3 is 2.25 bits per heavy atom. The van der Waals surface area contributed by atoms with Crippen LogP contribution in [-0.2, 0) is 15.0 Å². The van der Waals surface area contributed by atoms with Crippen molar-refractivity contribution < 1.29 is 18.3 Å². The first-order valence-electron chi connectivity index (χ1n) is 8.05. The van der Waals surface area contributed by atoms with Gasteiger partial charge in [0.15, 0.2) is 0 Å². The predicted molar refractivity (Wildman–Crippen MR) is 100 cm³/mol. The number of aliphatic hydroxyl groups excluding tert-OH is 1. The number of carbonyl (C=O) groups excluding carboxylic acids is 1. The number of likely N-dealkylation sites (N-methyl/N-ethyl adjacent to an activating group) is 1. The van der Waals surface area contributed by atoms with Crippen LogP contribution in [0.5, 0.6) is 0 Å². The lowest BCUT2D eigenvalue weighted by Gasteiger charge is -2.37. The van der Waals surface area contributed by atoms with Gasteiger partial charge in [-0.15, -0.1) is 9.24 Å². The zero-order chi connectivity index (χ0) is 19.3. The molecule has 24 heavy (non-hydrogen) atoms. The number of aliphatic hydroxyl groups is 1. The van der Waals surface area contributed by atoms with Crippen LogP contribution in [0.2, 0.25) is 0 Å². The zero-order valence-corrected chi connectivity index (χ0v) is 17.7. The average Bonchev–Trinajstić information content (AvgIpc) is 2.52. The van der Waals surface area contributed by atoms with Gasteiger partial charge in [0.05, 0.1) is 12.1 Å². The number of hydrogen-bond acceptors (Lipinski definition) is 4. The highest BCUT2D eigenvalue weighted by Crippen LogP contribution is 2.22. The smallest absolute Gasteiger partial charge is 0.282 e. The summed E-state index contributed by atoms with van der Waals surface area (Å²) in [5.41, 5.74) is -0.526. The molecule has 143 valence electrons. The highest BCUT2D eigenvalue weighted by Gasteiger charge is 2.35. The first-order chi connectivity index (χ1) is 10.8. The summed E-state index contributed by atoms with van der Waals surface area (Å²) in [6.45, 7) is 8.89. The Labute approximate surface area is 149 Å². The monoisotopic (exact) mass is 382 g/mol. The molecule has 9 heteroatoms. The molecule has 0 bridgehead atoms. The Morgan fingerprint density at radius 2 is 1.83 bits per heavy atom. The Bertz CT molecular complexity index is 513. The van der Waals surface area contributed by atoms with Gasteiger partial charge in [0.2, 0.25) is 5.91 Å². The van der Waals surface area contributed by atoms with Crippen LogP contribution in [0, 0.1) is 12.1 Å². The molecule has 0 aliphatic rings. The second kappa shape index (κ2) is 9.43. The van der Waals surface area contributed by atoms with Crippen LogP contribution in [0.25, 0.3) is 0 Å². The Balaban J connectivity index is 4.91. The second-order valence-electron chi connectivity index (χ2n) is 6.77. The fourth-order valence-corrected chi connectivity index (χ4v) is 3.49. The van der Waals surface area contributed by atoms with Crippen molar-refractivity contribution in [3.05, 3.63) is 6.16 Å². The van der Waals surface area contributed by atoms with E-state index in [1.165, 1.54) is 18.4 Å². The highest BCUT2D eigenvalue weighted by atomic mass is 32.2. The molecule has 1 amide bonds. The van der Waals surface area contributed by atoms with Crippen molar-refractivity contribution in [2.45, 2.75) is 58.7 Å². The molecule has 1 radical (unpaired) electrons. The van der Waals surface area contributed by atoms with Gasteiger partial charge < -0.3 is 10.4 Å². The van der Waals surface area contributed by atoms with Crippen LogP contribution in [0.15, 0.2) is 0 Å². The quantitative estimate of drug-likeness (QED) is 0.548. The molecule has 0 saturated carbocycles. The maximum atomic E-state index is 12.6. The zero-order valence-electron chi connectivity index (χ0n) is 15.8. The average molecular weight is 382 g/mol. The minimum Gasteiger partial charge on any atom is -0.390 e. The number of amides is 1. The van der Waals surface area contributed by atoms with Gasteiger partial charge in [-0.1, -0.05) is 13.8 Å². The number of nitrogens with zero attached hydrogens (tertiary/aromatic N) is 2. The molecule has 7 nitrogen and oxygen atoms in total. The summed E-state index contributed by atoms with van der Waals surface area (Å²) in [7, 11) is 1.63. The van der Waals surface area contributed by atoms with Crippen LogP contribution in [-0.4, -0.2) is 66.4 Å². The van der Waals surface area contributed by atoms with Gasteiger partial charge in [-0.2, -0.15) is 17.0 Å². The maximum Gasteiger partial charge on any atom is 0.282 e. The van der Waals surface area contributed by atoms with E-state index in [-0.39, 0.29) is 18.4 Å². The molecule has 0 spiro atoms.